The average molecular weight is 395 g/mol. The highest BCUT2D eigenvalue weighted by Crippen LogP contribution is 2.39. The van der Waals surface area contributed by atoms with Crippen LogP contribution in [0.4, 0.5) is 5.69 Å². The first-order valence-electron chi connectivity index (χ1n) is 8.40. The molecule has 0 fully saturated rings. The van der Waals surface area contributed by atoms with Gasteiger partial charge in [0, 0.05) is 25.2 Å². The third kappa shape index (κ3) is 3.34. The fourth-order valence-electron chi connectivity index (χ4n) is 3.38. The van der Waals surface area contributed by atoms with Gasteiger partial charge in [0.25, 0.3) is 0 Å². The lowest BCUT2D eigenvalue weighted by Crippen LogP contribution is -2.19. The van der Waals surface area contributed by atoms with E-state index in [9.17, 15) is 8.42 Å². The molecule has 0 bridgehead atoms. The predicted molar refractivity (Wildman–Crippen MR) is 99.6 cm³/mol. The van der Waals surface area contributed by atoms with Crippen molar-refractivity contribution < 1.29 is 17.9 Å². The van der Waals surface area contributed by atoms with Gasteiger partial charge in [0.2, 0.25) is 10.0 Å². The van der Waals surface area contributed by atoms with Crippen molar-refractivity contribution in [2.24, 2.45) is 5.14 Å². The highest BCUT2D eigenvalue weighted by Gasteiger charge is 2.23. The summed E-state index contributed by atoms with van der Waals surface area (Å²) in [6, 6.07) is 8.88. The second-order valence-corrected chi connectivity index (χ2v) is 8.43. The highest BCUT2D eigenvalue weighted by molar-refractivity contribution is 7.89. The second-order valence-electron chi connectivity index (χ2n) is 6.46. The SMILES string of the molecule is NS(=O)(=O)c1ccc2c(c1)CCN2Cc1cc(Cl)c2c(c1)OCCCO2. The molecule has 4 rings (SSSR count). The number of nitrogens with zero attached hydrogens (tertiary/aromatic N) is 1. The lowest BCUT2D eigenvalue weighted by atomic mass is 10.1. The third-order valence-corrected chi connectivity index (χ3v) is 5.80. The molecular weight excluding hydrogens is 376 g/mol. The van der Waals surface area contributed by atoms with Crippen molar-refractivity contribution in [1.29, 1.82) is 0 Å². The van der Waals surface area contributed by atoms with Crippen LogP contribution in [0.5, 0.6) is 11.5 Å². The second kappa shape index (κ2) is 6.64. The Morgan fingerprint density at radius 1 is 1.15 bits per heavy atom. The van der Waals surface area contributed by atoms with Gasteiger partial charge < -0.3 is 14.4 Å². The molecule has 2 aromatic rings. The van der Waals surface area contributed by atoms with E-state index in [1.165, 1.54) is 0 Å². The van der Waals surface area contributed by atoms with Gasteiger partial charge >= 0.3 is 0 Å². The number of anilines is 1. The van der Waals surface area contributed by atoms with Crippen molar-refractivity contribution in [2.75, 3.05) is 24.7 Å². The number of hydrogen-bond donors (Lipinski definition) is 1. The lowest BCUT2D eigenvalue weighted by molar-refractivity contribution is 0.297. The van der Waals surface area contributed by atoms with Crippen LogP contribution in [0.15, 0.2) is 35.2 Å². The van der Waals surface area contributed by atoms with Crippen LogP contribution in [0.2, 0.25) is 5.02 Å². The van der Waals surface area contributed by atoms with E-state index in [4.69, 9.17) is 26.2 Å². The topological polar surface area (TPSA) is 81.9 Å². The summed E-state index contributed by atoms with van der Waals surface area (Å²) in [4.78, 5) is 2.34. The fourth-order valence-corrected chi connectivity index (χ4v) is 4.24. The molecule has 6 nitrogen and oxygen atoms in total. The van der Waals surface area contributed by atoms with E-state index in [0.717, 1.165) is 36.2 Å². The van der Waals surface area contributed by atoms with E-state index in [2.05, 4.69) is 4.90 Å². The summed E-state index contributed by atoms with van der Waals surface area (Å²) in [6.45, 7) is 2.65. The Kier molecular flexibility index (Phi) is 4.46. The third-order valence-electron chi connectivity index (χ3n) is 4.61. The molecule has 138 valence electrons. The predicted octanol–water partition coefficient (Wildman–Crippen LogP) is 2.71. The summed E-state index contributed by atoms with van der Waals surface area (Å²) in [6.07, 6.45) is 1.60. The molecular formula is C18H19ClN2O4S. The minimum Gasteiger partial charge on any atom is -0.489 e. The first-order valence-corrected chi connectivity index (χ1v) is 10.3. The zero-order chi connectivity index (χ0) is 18.3. The first kappa shape index (κ1) is 17.5. The minimum absolute atomic E-state index is 0.150. The van der Waals surface area contributed by atoms with Crippen LogP contribution in [0.1, 0.15) is 17.5 Å². The van der Waals surface area contributed by atoms with Crippen molar-refractivity contribution in [3.8, 4) is 11.5 Å². The van der Waals surface area contributed by atoms with Gasteiger partial charge in [-0.05, 0) is 47.9 Å². The van der Waals surface area contributed by atoms with Crippen LogP contribution in [0.3, 0.4) is 0 Å². The molecule has 0 spiro atoms. The van der Waals surface area contributed by atoms with Gasteiger partial charge in [0.05, 0.1) is 23.1 Å². The van der Waals surface area contributed by atoms with Gasteiger partial charge in [-0.2, -0.15) is 0 Å². The molecule has 0 unspecified atom stereocenters. The molecule has 2 aliphatic heterocycles. The Balaban J connectivity index is 1.60. The van der Waals surface area contributed by atoms with Gasteiger partial charge in [-0.3, -0.25) is 0 Å². The maximum atomic E-state index is 11.5. The summed E-state index contributed by atoms with van der Waals surface area (Å²) in [7, 11) is -3.69. The smallest absolute Gasteiger partial charge is 0.238 e. The molecule has 0 saturated carbocycles. The van der Waals surface area contributed by atoms with Crippen molar-refractivity contribution in [1.82, 2.24) is 0 Å². The molecule has 2 aliphatic rings. The monoisotopic (exact) mass is 394 g/mol. The Labute approximate surface area is 157 Å². The standard InChI is InChI=1S/C18H19ClN2O4S/c19-15-8-12(9-17-18(15)25-7-1-6-24-17)11-21-5-4-13-10-14(26(20,22)23)2-3-16(13)21/h2-3,8-10H,1,4-7,11H2,(H2,20,22,23). The summed E-state index contributed by atoms with van der Waals surface area (Å²) >= 11 is 6.37. The summed E-state index contributed by atoms with van der Waals surface area (Å²) < 4.78 is 34.5. The van der Waals surface area contributed by atoms with Crippen molar-refractivity contribution in [2.45, 2.75) is 24.3 Å². The molecule has 0 saturated heterocycles. The van der Waals surface area contributed by atoms with Gasteiger partial charge in [0.15, 0.2) is 11.5 Å². The van der Waals surface area contributed by atoms with Crippen LogP contribution in [0.25, 0.3) is 0 Å². The molecule has 0 amide bonds. The van der Waals surface area contributed by atoms with E-state index in [1.807, 2.05) is 18.2 Å². The maximum absolute atomic E-state index is 11.5. The van der Waals surface area contributed by atoms with Crippen LogP contribution in [-0.2, 0) is 23.0 Å². The first-order chi connectivity index (χ1) is 12.4. The summed E-state index contributed by atoms with van der Waals surface area (Å²) in [5.41, 5.74) is 3.01. The van der Waals surface area contributed by atoms with E-state index >= 15 is 0 Å². The Morgan fingerprint density at radius 2 is 1.96 bits per heavy atom. The quantitative estimate of drug-likeness (QED) is 0.865. The highest BCUT2D eigenvalue weighted by atomic mass is 35.5. The molecule has 26 heavy (non-hydrogen) atoms. The van der Waals surface area contributed by atoms with E-state index < -0.39 is 10.0 Å². The molecule has 0 aliphatic carbocycles. The largest absolute Gasteiger partial charge is 0.489 e. The number of hydrogen-bond acceptors (Lipinski definition) is 5. The van der Waals surface area contributed by atoms with E-state index in [0.29, 0.717) is 36.3 Å². The van der Waals surface area contributed by atoms with Crippen molar-refractivity contribution in [3.05, 3.63) is 46.5 Å². The number of halogens is 1. The fraction of sp³-hybridized carbons (Fsp3) is 0.333. The Morgan fingerprint density at radius 3 is 2.77 bits per heavy atom. The number of sulfonamides is 1. The average Bonchev–Trinajstić information content (AvgIpc) is 2.82. The molecule has 2 N–H and O–H groups in total. The molecule has 0 aromatic heterocycles. The van der Waals surface area contributed by atoms with Crippen LogP contribution >= 0.6 is 11.6 Å². The van der Waals surface area contributed by atoms with E-state index in [1.54, 1.807) is 12.1 Å². The maximum Gasteiger partial charge on any atom is 0.238 e. The molecule has 2 aromatic carbocycles. The zero-order valence-corrected chi connectivity index (χ0v) is 15.6. The van der Waals surface area contributed by atoms with Crippen LogP contribution < -0.4 is 19.5 Å². The lowest BCUT2D eigenvalue weighted by Gasteiger charge is -2.21. The molecule has 8 heteroatoms. The number of benzene rings is 2. The number of primary sulfonamides is 1. The number of ether oxygens (including phenoxy) is 2. The van der Waals surface area contributed by atoms with Crippen LogP contribution in [-0.4, -0.2) is 28.2 Å². The van der Waals surface area contributed by atoms with E-state index in [-0.39, 0.29) is 4.90 Å². The van der Waals surface area contributed by atoms with Crippen LogP contribution in [0, 0.1) is 0 Å². The molecule has 0 atom stereocenters. The summed E-state index contributed by atoms with van der Waals surface area (Å²) in [5.74, 6) is 1.28. The molecule has 2 heterocycles. The number of fused-ring (bicyclic) bond motifs is 2. The summed E-state index contributed by atoms with van der Waals surface area (Å²) in [5, 5.41) is 5.77. The van der Waals surface area contributed by atoms with Gasteiger partial charge in [0.1, 0.15) is 0 Å². The van der Waals surface area contributed by atoms with Gasteiger partial charge in [-0.1, -0.05) is 11.6 Å². The van der Waals surface area contributed by atoms with Crippen molar-refractivity contribution in [3.63, 3.8) is 0 Å². The minimum atomic E-state index is -3.69. The molecule has 0 radical (unpaired) electrons. The van der Waals surface area contributed by atoms with Gasteiger partial charge in [-0.25, -0.2) is 13.6 Å². The number of rotatable bonds is 3. The van der Waals surface area contributed by atoms with Crippen molar-refractivity contribution >= 4 is 27.3 Å². The number of nitrogens with two attached hydrogens (primary N) is 1. The van der Waals surface area contributed by atoms with Gasteiger partial charge in [-0.15, -0.1) is 0 Å². The Hall–Kier alpha value is -1.96. The zero-order valence-electron chi connectivity index (χ0n) is 14.1. The normalized spacial score (nSPS) is 16.3. The Bertz CT molecular complexity index is 962.